The van der Waals surface area contributed by atoms with Gasteiger partial charge in [-0.15, -0.1) is 0 Å². The third-order valence-electron chi connectivity index (χ3n) is 2.47. The van der Waals surface area contributed by atoms with Gasteiger partial charge >= 0.3 is 0 Å². The summed E-state index contributed by atoms with van der Waals surface area (Å²) < 4.78 is 0. The Bertz CT molecular complexity index is 291. The Morgan fingerprint density at radius 3 is 2.44 bits per heavy atom. The second-order valence-corrected chi connectivity index (χ2v) is 4.73. The van der Waals surface area contributed by atoms with Gasteiger partial charge in [-0.3, -0.25) is 4.79 Å². The number of ketones is 1. The van der Waals surface area contributed by atoms with Gasteiger partial charge in [0.2, 0.25) is 0 Å². The highest BCUT2D eigenvalue weighted by molar-refractivity contribution is 5.90. The Labute approximate surface area is 99.9 Å². The van der Waals surface area contributed by atoms with Crippen LogP contribution in [0.5, 0.6) is 0 Å². The zero-order valence-corrected chi connectivity index (χ0v) is 11.0. The minimum atomic E-state index is 0.210. The largest absolute Gasteiger partial charge is 0.295 e. The van der Waals surface area contributed by atoms with Gasteiger partial charge in [0, 0.05) is 6.42 Å². The molecule has 0 aliphatic carbocycles. The van der Waals surface area contributed by atoms with Gasteiger partial charge in [0.25, 0.3) is 0 Å². The zero-order valence-electron chi connectivity index (χ0n) is 11.0. The number of hydrogen-bond acceptors (Lipinski definition) is 1. The fourth-order valence-corrected chi connectivity index (χ4v) is 1.47. The van der Waals surface area contributed by atoms with Gasteiger partial charge in [-0.25, -0.2) is 0 Å². The zero-order chi connectivity index (χ0) is 12.6. The molecular formula is C15H24O. The highest BCUT2D eigenvalue weighted by Gasteiger charge is 2.06. The predicted molar refractivity (Wildman–Crippen MR) is 71.4 cm³/mol. The third-order valence-corrected chi connectivity index (χ3v) is 2.47. The summed E-state index contributed by atoms with van der Waals surface area (Å²) in [6, 6.07) is 0. The van der Waals surface area contributed by atoms with Crippen molar-refractivity contribution < 1.29 is 4.79 Å². The van der Waals surface area contributed by atoms with E-state index in [9.17, 15) is 4.79 Å². The van der Waals surface area contributed by atoms with E-state index < -0.39 is 0 Å². The van der Waals surface area contributed by atoms with Crippen LogP contribution >= 0.6 is 0 Å². The van der Waals surface area contributed by atoms with Crippen LogP contribution in [0.25, 0.3) is 0 Å². The van der Waals surface area contributed by atoms with E-state index in [2.05, 4.69) is 33.4 Å². The molecule has 0 aromatic carbocycles. The van der Waals surface area contributed by atoms with Gasteiger partial charge in [-0.1, -0.05) is 31.2 Å². The summed E-state index contributed by atoms with van der Waals surface area (Å²) in [6.45, 7) is 11.9. The van der Waals surface area contributed by atoms with Crippen LogP contribution in [0.3, 0.4) is 0 Å². The molecule has 0 saturated carbocycles. The molecule has 0 spiro atoms. The van der Waals surface area contributed by atoms with Crippen molar-refractivity contribution in [1.82, 2.24) is 0 Å². The Balaban J connectivity index is 3.96. The van der Waals surface area contributed by atoms with Crippen molar-refractivity contribution in [1.29, 1.82) is 0 Å². The number of carbonyl (C=O) groups is 1. The van der Waals surface area contributed by atoms with E-state index in [1.165, 1.54) is 5.57 Å². The van der Waals surface area contributed by atoms with E-state index in [-0.39, 0.29) is 5.78 Å². The minimum absolute atomic E-state index is 0.210. The van der Waals surface area contributed by atoms with Crippen LogP contribution < -0.4 is 0 Å². The van der Waals surface area contributed by atoms with E-state index in [1.54, 1.807) is 12.2 Å². The Morgan fingerprint density at radius 2 is 1.94 bits per heavy atom. The minimum Gasteiger partial charge on any atom is -0.295 e. The fraction of sp³-hybridized carbons (Fsp3) is 0.533. The normalized spacial score (nSPS) is 13.1. The summed E-state index contributed by atoms with van der Waals surface area (Å²) in [4.78, 5) is 11.6. The number of rotatable bonds is 7. The standard InChI is InChI=1S/C15H24O/c1-6-13(4)10-15(16)11-14(5)9-7-8-12(2)3/h6,8,10,14H,1,7,9,11H2,2-5H3. The van der Waals surface area contributed by atoms with Gasteiger partial charge in [0.15, 0.2) is 5.78 Å². The van der Waals surface area contributed by atoms with Crippen LogP contribution in [0.15, 0.2) is 36.0 Å². The van der Waals surface area contributed by atoms with Crippen LogP contribution in [0, 0.1) is 5.92 Å². The highest BCUT2D eigenvalue weighted by Crippen LogP contribution is 2.13. The monoisotopic (exact) mass is 220 g/mol. The summed E-state index contributed by atoms with van der Waals surface area (Å²) >= 11 is 0. The molecule has 0 bridgehead atoms. The molecule has 0 N–H and O–H groups in total. The van der Waals surface area contributed by atoms with Crippen LogP contribution in [-0.4, -0.2) is 5.78 Å². The summed E-state index contributed by atoms with van der Waals surface area (Å²) in [6.07, 6.45) is 8.42. The number of allylic oxidation sites excluding steroid dienone is 5. The van der Waals surface area contributed by atoms with Crippen molar-refractivity contribution in [3.8, 4) is 0 Å². The summed E-state index contributed by atoms with van der Waals surface area (Å²) in [7, 11) is 0. The maximum Gasteiger partial charge on any atom is 0.156 e. The first-order valence-corrected chi connectivity index (χ1v) is 5.92. The first-order chi connectivity index (χ1) is 7.45. The first-order valence-electron chi connectivity index (χ1n) is 5.92. The molecule has 0 aromatic rings. The molecular weight excluding hydrogens is 196 g/mol. The molecule has 90 valence electrons. The lowest BCUT2D eigenvalue weighted by molar-refractivity contribution is -0.115. The van der Waals surface area contributed by atoms with Crippen molar-refractivity contribution in [2.45, 2.75) is 47.0 Å². The molecule has 0 aliphatic rings. The maximum absolute atomic E-state index is 11.6. The lowest BCUT2D eigenvalue weighted by Gasteiger charge is -2.07. The van der Waals surface area contributed by atoms with E-state index in [0.717, 1.165) is 18.4 Å². The average Bonchev–Trinajstić information content (AvgIpc) is 2.16. The van der Waals surface area contributed by atoms with Crippen molar-refractivity contribution in [3.63, 3.8) is 0 Å². The fourth-order valence-electron chi connectivity index (χ4n) is 1.47. The molecule has 0 amide bonds. The SMILES string of the molecule is C=CC(C)=CC(=O)CC(C)CCC=C(C)C. The molecule has 1 heteroatoms. The summed E-state index contributed by atoms with van der Waals surface area (Å²) in [5.41, 5.74) is 2.29. The molecule has 0 aliphatic heterocycles. The van der Waals surface area contributed by atoms with Crippen LogP contribution in [0.1, 0.15) is 47.0 Å². The van der Waals surface area contributed by atoms with Gasteiger partial charge in [0.05, 0.1) is 0 Å². The molecule has 1 atom stereocenters. The topological polar surface area (TPSA) is 17.1 Å². The quantitative estimate of drug-likeness (QED) is 0.352. The Kier molecular flexibility index (Phi) is 7.53. The van der Waals surface area contributed by atoms with Gasteiger partial charge in [0.1, 0.15) is 0 Å². The molecule has 0 aromatic heterocycles. The highest BCUT2D eigenvalue weighted by atomic mass is 16.1. The smallest absolute Gasteiger partial charge is 0.156 e. The van der Waals surface area contributed by atoms with Crippen LogP contribution in [0.2, 0.25) is 0 Å². The van der Waals surface area contributed by atoms with Crippen molar-refractivity contribution in [3.05, 3.63) is 36.0 Å². The van der Waals surface area contributed by atoms with Crippen molar-refractivity contribution >= 4 is 5.78 Å². The van der Waals surface area contributed by atoms with E-state index in [0.29, 0.717) is 12.3 Å². The van der Waals surface area contributed by atoms with E-state index in [4.69, 9.17) is 0 Å². The second-order valence-electron chi connectivity index (χ2n) is 4.73. The molecule has 1 unspecified atom stereocenters. The second kappa shape index (κ2) is 8.09. The molecule has 0 rings (SSSR count). The Morgan fingerprint density at radius 1 is 1.31 bits per heavy atom. The molecule has 0 heterocycles. The number of carbonyl (C=O) groups excluding carboxylic acids is 1. The molecule has 0 saturated heterocycles. The predicted octanol–water partition coefficient (Wildman–Crippen LogP) is 4.46. The summed E-state index contributed by atoms with van der Waals surface area (Å²) in [5, 5.41) is 0. The molecule has 0 radical (unpaired) electrons. The molecule has 16 heavy (non-hydrogen) atoms. The lowest BCUT2D eigenvalue weighted by Crippen LogP contribution is -2.03. The summed E-state index contributed by atoms with van der Waals surface area (Å²) in [5.74, 6) is 0.666. The first kappa shape index (κ1) is 14.9. The maximum atomic E-state index is 11.6. The van der Waals surface area contributed by atoms with Gasteiger partial charge in [-0.05, 0) is 51.2 Å². The van der Waals surface area contributed by atoms with Crippen LogP contribution in [-0.2, 0) is 4.79 Å². The van der Waals surface area contributed by atoms with E-state index in [1.807, 2.05) is 6.92 Å². The van der Waals surface area contributed by atoms with Crippen LogP contribution in [0.4, 0.5) is 0 Å². The molecule has 0 fully saturated rings. The van der Waals surface area contributed by atoms with E-state index >= 15 is 0 Å². The van der Waals surface area contributed by atoms with Gasteiger partial charge in [-0.2, -0.15) is 0 Å². The van der Waals surface area contributed by atoms with Gasteiger partial charge < -0.3 is 0 Å². The number of hydrogen-bond donors (Lipinski definition) is 0. The lowest BCUT2D eigenvalue weighted by atomic mass is 9.98. The van der Waals surface area contributed by atoms with Crippen molar-refractivity contribution in [2.75, 3.05) is 0 Å². The average molecular weight is 220 g/mol. The molecule has 1 nitrogen and oxygen atoms in total. The third kappa shape index (κ3) is 8.22. The Hall–Kier alpha value is -1.11. The van der Waals surface area contributed by atoms with Crippen molar-refractivity contribution in [2.24, 2.45) is 5.92 Å².